The normalized spacial score (nSPS) is 14.0. The summed E-state index contributed by atoms with van der Waals surface area (Å²) < 4.78 is 0. The zero-order valence-electron chi connectivity index (χ0n) is 38.3. The number of thiophene rings is 1. The number of benzene rings is 5. The molecular formula is C59H69NOS. The van der Waals surface area contributed by atoms with Gasteiger partial charge in [-0.05, 0) is 137 Å². The van der Waals surface area contributed by atoms with E-state index in [0.717, 1.165) is 29.7 Å². The Morgan fingerprint density at radius 3 is 1.39 bits per heavy atom. The number of aryl methyl sites for hydroxylation is 1. The number of nitrogens with zero attached hydrogens (tertiary/aromatic N) is 1. The van der Waals surface area contributed by atoms with Gasteiger partial charge in [0.15, 0.2) is 6.29 Å². The van der Waals surface area contributed by atoms with E-state index >= 15 is 0 Å². The minimum Gasteiger partial charge on any atom is -0.310 e. The molecule has 0 radical (unpaired) electrons. The van der Waals surface area contributed by atoms with Gasteiger partial charge in [-0.2, -0.15) is 0 Å². The van der Waals surface area contributed by atoms with E-state index in [1.54, 1.807) is 11.3 Å². The summed E-state index contributed by atoms with van der Waals surface area (Å²) >= 11 is 1.64. The molecule has 0 N–H and O–H groups in total. The van der Waals surface area contributed by atoms with Crippen LogP contribution in [-0.2, 0) is 17.3 Å². The van der Waals surface area contributed by atoms with Crippen LogP contribution in [0, 0.1) is 0 Å². The molecule has 0 aliphatic heterocycles. The van der Waals surface area contributed by atoms with Crippen LogP contribution in [0.4, 0.5) is 17.1 Å². The summed E-state index contributed by atoms with van der Waals surface area (Å²) in [5.74, 6) is 0. The Morgan fingerprint density at radius 2 is 0.919 bits per heavy atom. The Hall–Kier alpha value is -4.73. The van der Waals surface area contributed by atoms with Crippen LogP contribution in [0.1, 0.15) is 175 Å². The molecule has 0 bridgehead atoms. The van der Waals surface area contributed by atoms with E-state index in [9.17, 15) is 4.79 Å². The highest BCUT2D eigenvalue weighted by Crippen LogP contribution is 2.58. The number of aldehydes is 1. The molecule has 0 saturated carbocycles. The maximum atomic E-state index is 12.1. The molecule has 1 heterocycles. The molecule has 0 amide bonds. The summed E-state index contributed by atoms with van der Waals surface area (Å²) in [7, 11) is 0. The second-order valence-corrected chi connectivity index (χ2v) is 19.5. The predicted octanol–water partition coefficient (Wildman–Crippen LogP) is 18.1. The van der Waals surface area contributed by atoms with Crippen LogP contribution in [0.15, 0.2) is 115 Å². The van der Waals surface area contributed by atoms with Crippen LogP contribution < -0.4 is 4.90 Å². The van der Waals surface area contributed by atoms with Crippen LogP contribution in [0.3, 0.4) is 0 Å². The summed E-state index contributed by atoms with van der Waals surface area (Å²) in [4.78, 5) is 16.7. The predicted molar refractivity (Wildman–Crippen MR) is 268 cm³/mol. The summed E-state index contributed by atoms with van der Waals surface area (Å²) in [6.45, 7) is 11.6. The fourth-order valence-corrected chi connectivity index (χ4v) is 12.3. The molecular weight excluding hydrogens is 771 g/mol. The smallest absolute Gasteiger partial charge is 0.160 e. The molecule has 2 aliphatic carbocycles. The van der Waals surface area contributed by atoms with E-state index in [4.69, 9.17) is 0 Å². The van der Waals surface area contributed by atoms with Gasteiger partial charge in [-0.1, -0.05) is 178 Å². The third kappa shape index (κ3) is 8.16. The van der Waals surface area contributed by atoms with Crippen molar-refractivity contribution in [1.82, 2.24) is 0 Å². The van der Waals surface area contributed by atoms with Crippen molar-refractivity contribution >= 4 is 34.7 Å². The first-order valence-electron chi connectivity index (χ1n) is 24.4. The van der Waals surface area contributed by atoms with E-state index in [2.05, 4.69) is 155 Å². The number of unbranched alkanes of at least 4 members (excludes halogenated alkanes) is 7. The molecule has 3 heteroatoms. The zero-order chi connectivity index (χ0) is 43.1. The minimum absolute atomic E-state index is 0.00150. The molecule has 2 nitrogen and oxygen atoms in total. The Labute approximate surface area is 377 Å². The largest absolute Gasteiger partial charge is 0.310 e. The molecule has 0 fully saturated rings. The van der Waals surface area contributed by atoms with Crippen LogP contribution >= 0.6 is 11.3 Å². The maximum Gasteiger partial charge on any atom is 0.160 e. The SMILES string of the molecule is CCCCCCc1cc(C=O)sc1-c1ccc(N(c2ccc3c(c2)C(CCCC)(CCCC)c2ccccc2-3)c2ccc3c(c2)C(CCCC)(CCCC)c2ccccc2-3)cc1. The minimum atomic E-state index is 0.00150. The van der Waals surface area contributed by atoms with Gasteiger partial charge < -0.3 is 4.90 Å². The van der Waals surface area contributed by atoms with Gasteiger partial charge in [0.2, 0.25) is 0 Å². The van der Waals surface area contributed by atoms with E-state index in [-0.39, 0.29) is 10.8 Å². The van der Waals surface area contributed by atoms with Crippen LogP contribution in [0.25, 0.3) is 32.7 Å². The standard InChI is InChI=1S/C59H69NOS/c1-6-11-16-17-22-44-39-48(42-61)62-57(44)43-27-29-45(30-28-43)60(46-31-33-51-49-23-18-20-25-53(49)58(35-12-7-2,36-13-8-3)55(51)40-46)47-32-34-52-50-24-19-21-26-54(50)59(37-14-9-4,38-15-10-5)56(52)41-47/h18-21,23-34,39-42H,6-17,22,35-38H2,1-5H3. The Kier molecular flexibility index (Phi) is 14.0. The first-order chi connectivity index (χ1) is 30.5. The van der Waals surface area contributed by atoms with E-state index in [0.29, 0.717) is 0 Å². The van der Waals surface area contributed by atoms with Gasteiger partial charge in [-0.3, -0.25) is 4.79 Å². The quantitative estimate of drug-likeness (QED) is 0.0501. The molecule has 8 rings (SSSR count). The summed E-state index contributed by atoms with van der Waals surface area (Å²) in [6.07, 6.45) is 21.2. The summed E-state index contributed by atoms with van der Waals surface area (Å²) in [6, 6.07) is 44.9. The second-order valence-electron chi connectivity index (χ2n) is 18.4. The number of hydrogen-bond acceptors (Lipinski definition) is 3. The van der Waals surface area contributed by atoms with Gasteiger partial charge in [0.05, 0.1) is 4.88 Å². The molecule has 0 unspecified atom stereocenters. The third-order valence-electron chi connectivity index (χ3n) is 14.5. The molecule has 1 aromatic heterocycles. The van der Waals surface area contributed by atoms with Crippen molar-refractivity contribution in [3.05, 3.63) is 148 Å². The fraction of sp³-hybridized carbons (Fsp3) is 0.407. The third-order valence-corrected chi connectivity index (χ3v) is 15.6. The zero-order valence-corrected chi connectivity index (χ0v) is 39.1. The maximum absolute atomic E-state index is 12.1. The number of carbonyl (C=O) groups excluding carboxylic acids is 1. The number of anilines is 3. The average Bonchev–Trinajstić information content (AvgIpc) is 3.95. The van der Waals surface area contributed by atoms with Gasteiger partial charge >= 0.3 is 0 Å². The van der Waals surface area contributed by atoms with Crippen molar-refractivity contribution in [3.63, 3.8) is 0 Å². The monoisotopic (exact) mass is 840 g/mol. The molecule has 0 atom stereocenters. The fourth-order valence-electron chi connectivity index (χ4n) is 11.3. The van der Waals surface area contributed by atoms with Crippen molar-refractivity contribution in [2.45, 2.75) is 155 Å². The van der Waals surface area contributed by atoms with Gasteiger partial charge in [-0.15, -0.1) is 11.3 Å². The van der Waals surface area contributed by atoms with Crippen molar-refractivity contribution in [3.8, 4) is 32.7 Å². The Balaban J connectivity index is 1.30. The first kappa shape index (κ1) is 43.9. The number of rotatable bonds is 22. The van der Waals surface area contributed by atoms with Crippen LogP contribution in [0.5, 0.6) is 0 Å². The highest BCUT2D eigenvalue weighted by molar-refractivity contribution is 7.17. The van der Waals surface area contributed by atoms with Crippen LogP contribution in [-0.4, -0.2) is 6.29 Å². The lowest BCUT2D eigenvalue weighted by Crippen LogP contribution is -2.26. The lowest BCUT2D eigenvalue weighted by molar-refractivity contribution is 0.112. The average molecular weight is 840 g/mol. The lowest BCUT2D eigenvalue weighted by atomic mass is 9.70. The van der Waals surface area contributed by atoms with Crippen molar-refractivity contribution in [1.29, 1.82) is 0 Å². The van der Waals surface area contributed by atoms with Crippen molar-refractivity contribution in [2.24, 2.45) is 0 Å². The number of hydrogen-bond donors (Lipinski definition) is 0. The summed E-state index contributed by atoms with van der Waals surface area (Å²) in [5.41, 5.74) is 17.8. The highest BCUT2D eigenvalue weighted by atomic mass is 32.1. The van der Waals surface area contributed by atoms with Crippen LogP contribution in [0.2, 0.25) is 0 Å². The Morgan fingerprint density at radius 1 is 0.468 bits per heavy atom. The number of fused-ring (bicyclic) bond motifs is 6. The van der Waals surface area contributed by atoms with E-state index < -0.39 is 0 Å². The van der Waals surface area contributed by atoms with E-state index in [1.165, 1.54) is 168 Å². The van der Waals surface area contributed by atoms with Gasteiger partial charge in [0.25, 0.3) is 0 Å². The summed E-state index contributed by atoms with van der Waals surface area (Å²) in [5, 5.41) is 0. The highest BCUT2D eigenvalue weighted by Gasteiger charge is 2.44. The van der Waals surface area contributed by atoms with Gasteiger partial charge in [-0.25, -0.2) is 0 Å². The van der Waals surface area contributed by atoms with Crippen molar-refractivity contribution in [2.75, 3.05) is 4.90 Å². The Bertz CT molecular complexity index is 2320. The molecule has 0 spiro atoms. The molecule has 6 aromatic rings. The molecule has 5 aromatic carbocycles. The van der Waals surface area contributed by atoms with Gasteiger partial charge in [0, 0.05) is 32.8 Å². The molecule has 0 saturated heterocycles. The lowest BCUT2D eigenvalue weighted by Gasteiger charge is -2.35. The van der Waals surface area contributed by atoms with Crippen molar-refractivity contribution < 1.29 is 4.79 Å². The number of carbonyl (C=O) groups is 1. The first-order valence-corrected chi connectivity index (χ1v) is 25.3. The van der Waals surface area contributed by atoms with Gasteiger partial charge in [0.1, 0.15) is 0 Å². The molecule has 322 valence electrons. The molecule has 2 aliphatic rings. The molecule has 62 heavy (non-hydrogen) atoms. The second kappa shape index (κ2) is 19.8. The van der Waals surface area contributed by atoms with E-state index in [1.807, 2.05) is 0 Å². The topological polar surface area (TPSA) is 20.3 Å².